The molecule has 3 aromatic rings. The Balaban J connectivity index is 0.000000360. The lowest BCUT2D eigenvalue weighted by Crippen LogP contribution is -2.31. The normalized spacial score (nSPS) is 13.0. The first kappa shape index (κ1) is 22.7. The van der Waals surface area contributed by atoms with E-state index in [1.165, 1.54) is 4.90 Å². The lowest BCUT2D eigenvalue weighted by atomic mass is 10.1. The van der Waals surface area contributed by atoms with Crippen LogP contribution < -0.4 is 0 Å². The van der Waals surface area contributed by atoms with Gasteiger partial charge in [0.2, 0.25) is 0 Å². The third kappa shape index (κ3) is 5.36. The fourth-order valence-electron chi connectivity index (χ4n) is 2.92. The van der Waals surface area contributed by atoms with E-state index in [4.69, 9.17) is 9.90 Å². The summed E-state index contributed by atoms with van der Waals surface area (Å²) in [7, 11) is 0. The summed E-state index contributed by atoms with van der Waals surface area (Å²) in [5.74, 6) is -3.20. The van der Waals surface area contributed by atoms with Gasteiger partial charge in [0.15, 0.2) is 0 Å². The summed E-state index contributed by atoms with van der Waals surface area (Å²) in [5, 5.41) is 15.3. The van der Waals surface area contributed by atoms with E-state index in [2.05, 4.69) is 15.3 Å². The van der Waals surface area contributed by atoms with Crippen molar-refractivity contribution in [2.24, 2.45) is 0 Å². The Bertz CT molecular complexity index is 1080. The predicted octanol–water partition coefficient (Wildman–Crippen LogP) is 1.84. The molecule has 1 aliphatic rings. The van der Waals surface area contributed by atoms with Gasteiger partial charge in [-0.3, -0.25) is 19.2 Å². The average molecular weight is 450 g/mol. The Hall–Kier alpha value is -4.03. The molecule has 0 atom stereocenters. The molecule has 10 nitrogen and oxygen atoms in total. The summed E-state index contributed by atoms with van der Waals surface area (Å²) in [6.07, 6.45) is 2.71. The summed E-state index contributed by atoms with van der Waals surface area (Å²) in [4.78, 5) is 38.8. The van der Waals surface area contributed by atoms with Crippen molar-refractivity contribution in [1.29, 1.82) is 0 Å². The molecule has 1 aromatic carbocycles. The summed E-state index contributed by atoms with van der Waals surface area (Å²) < 4.78 is 35.4. The molecule has 0 bridgehead atoms. The second-order valence-corrected chi connectivity index (χ2v) is 6.67. The maximum atomic E-state index is 12.3. The zero-order chi connectivity index (χ0) is 23.3. The fraction of sp³-hybridized carbons (Fsp3) is 0.263. The van der Waals surface area contributed by atoms with Crippen LogP contribution in [0.5, 0.6) is 0 Å². The molecule has 1 aliphatic heterocycles. The summed E-state index contributed by atoms with van der Waals surface area (Å²) >= 11 is 0. The molecule has 13 heteroatoms. The first-order chi connectivity index (χ1) is 15.2. The van der Waals surface area contributed by atoms with Gasteiger partial charge in [0.05, 0.1) is 30.2 Å². The third-order valence-corrected chi connectivity index (χ3v) is 4.38. The van der Waals surface area contributed by atoms with Crippen LogP contribution in [-0.4, -0.2) is 65.1 Å². The van der Waals surface area contributed by atoms with Crippen molar-refractivity contribution in [2.45, 2.75) is 25.7 Å². The number of carbonyl (C=O) groups excluding carboxylic acids is 2. The van der Waals surface area contributed by atoms with Gasteiger partial charge in [0.25, 0.3) is 11.8 Å². The molecule has 1 N–H and O–H groups in total. The van der Waals surface area contributed by atoms with Crippen LogP contribution in [0.4, 0.5) is 13.2 Å². The molecule has 0 fully saturated rings. The number of benzene rings is 1. The molecule has 32 heavy (non-hydrogen) atoms. The predicted molar refractivity (Wildman–Crippen MR) is 101 cm³/mol. The minimum Gasteiger partial charge on any atom is -0.475 e. The van der Waals surface area contributed by atoms with E-state index in [1.54, 1.807) is 41.5 Å². The van der Waals surface area contributed by atoms with Crippen LogP contribution in [0.1, 0.15) is 32.8 Å². The van der Waals surface area contributed by atoms with Gasteiger partial charge in [-0.15, -0.1) is 5.10 Å². The van der Waals surface area contributed by atoms with Gasteiger partial charge < -0.3 is 9.67 Å². The number of fused-ring (bicyclic) bond motifs is 1. The lowest BCUT2D eigenvalue weighted by molar-refractivity contribution is -0.192. The van der Waals surface area contributed by atoms with Crippen LogP contribution in [-0.2, 0) is 17.9 Å². The molecule has 0 unspecified atom stereocenters. The van der Waals surface area contributed by atoms with E-state index in [1.807, 2.05) is 17.0 Å². The smallest absolute Gasteiger partial charge is 0.475 e. The fourth-order valence-corrected chi connectivity index (χ4v) is 2.92. The molecule has 0 spiro atoms. The highest BCUT2D eigenvalue weighted by molar-refractivity contribution is 6.21. The molecular formula is C19H17F3N6O4. The van der Waals surface area contributed by atoms with Gasteiger partial charge in [0.1, 0.15) is 5.69 Å². The minimum atomic E-state index is -5.08. The topological polar surface area (TPSA) is 123 Å². The van der Waals surface area contributed by atoms with Crippen LogP contribution in [0.25, 0.3) is 0 Å². The van der Waals surface area contributed by atoms with Crippen molar-refractivity contribution in [1.82, 2.24) is 29.4 Å². The van der Waals surface area contributed by atoms with Gasteiger partial charge >= 0.3 is 12.1 Å². The van der Waals surface area contributed by atoms with Crippen LogP contribution in [0.15, 0.2) is 49.2 Å². The number of hydrogen-bond donors (Lipinski definition) is 1. The Labute approximate surface area is 178 Å². The number of carbonyl (C=O) groups is 3. The number of rotatable bonds is 6. The largest absolute Gasteiger partial charge is 0.490 e. The Morgan fingerprint density at radius 3 is 2.22 bits per heavy atom. The molecule has 168 valence electrons. The lowest BCUT2D eigenvalue weighted by Gasteiger charge is -2.13. The molecular weight excluding hydrogens is 433 g/mol. The quantitative estimate of drug-likeness (QED) is 0.569. The van der Waals surface area contributed by atoms with E-state index < -0.39 is 12.1 Å². The Morgan fingerprint density at radius 1 is 1.06 bits per heavy atom. The van der Waals surface area contributed by atoms with Crippen molar-refractivity contribution in [3.63, 3.8) is 0 Å². The number of hydrogen-bond acceptors (Lipinski definition) is 6. The molecule has 0 aliphatic carbocycles. The maximum Gasteiger partial charge on any atom is 0.490 e. The highest BCUT2D eigenvalue weighted by Crippen LogP contribution is 2.22. The number of nitrogens with zero attached hydrogens (tertiary/aromatic N) is 6. The Kier molecular flexibility index (Phi) is 6.66. The highest BCUT2D eigenvalue weighted by atomic mass is 19.4. The van der Waals surface area contributed by atoms with Gasteiger partial charge in [-0.25, -0.2) is 9.78 Å². The van der Waals surface area contributed by atoms with Crippen molar-refractivity contribution >= 4 is 17.8 Å². The molecule has 0 saturated heterocycles. The van der Waals surface area contributed by atoms with Crippen LogP contribution in [0, 0.1) is 0 Å². The van der Waals surface area contributed by atoms with Gasteiger partial charge in [0, 0.05) is 25.5 Å². The maximum absolute atomic E-state index is 12.3. The summed E-state index contributed by atoms with van der Waals surface area (Å²) in [6, 6.07) is 6.92. The summed E-state index contributed by atoms with van der Waals surface area (Å²) in [5.41, 5.74) is 1.80. The first-order valence-corrected chi connectivity index (χ1v) is 9.27. The second-order valence-electron chi connectivity index (χ2n) is 6.67. The van der Waals surface area contributed by atoms with Crippen molar-refractivity contribution in [3.8, 4) is 0 Å². The molecule has 0 saturated carbocycles. The highest BCUT2D eigenvalue weighted by Gasteiger charge is 2.38. The molecule has 2 amide bonds. The van der Waals surface area contributed by atoms with E-state index in [-0.39, 0.29) is 11.8 Å². The molecule has 4 rings (SSSR count). The van der Waals surface area contributed by atoms with Crippen LogP contribution in [0.3, 0.4) is 0 Å². The van der Waals surface area contributed by atoms with E-state index in [0.717, 1.165) is 5.69 Å². The van der Waals surface area contributed by atoms with Crippen LogP contribution in [0.2, 0.25) is 0 Å². The van der Waals surface area contributed by atoms with Crippen molar-refractivity contribution < 1.29 is 32.7 Å². The molecule has 0 radical (unpaired) electrons. The second kappa shape index (κ2) is 9.41. The summed E-state index contributed by atoms with van der Waals surface area (Å²) in [6.45, 7) is 1.56. The van der Waals surface area contributed by atoms with E-state index in [9.17, 15) is 22.8 Å². The monoisotopic (exact) mass is 450 g/mol. The number of alkyl halides is 3. The van der Waals surface area contributed by atoms with E-state index in [0.29, 0.717) is 37.2 Å². The Morgan fingerprint density at radius 2 is 1.69 bits per heavy atom. The number of imidazole rings is 1. The van der Waals surface area contributed by atoms with Crippen molar-refractivity contribution in [3.05, 3.63) is 66.0 Å². The first-order valence-electron chi connectivity index (χ1n) is 9.27. The zero-order valence-corrected chi connectivity index (χ0v) is 16.4. The van der Waals surface area contributed by atoms with Gasteiger partial charge in [-0.1, -0.05) is 17.3 Å². The van der Waals surface area contributed by atoms with Gasteiger partial charge in [-0.2, -0.15) is 13.2 Å². The van der Waals surface area contributed by atoms with E-state index >= 15 is 0 Å². The number of carboxylic acids is 1. The number of halogens is 3. The number of carboxylic acid groups (broad SMARTS) is 1. The SMILES string of the molecule is O=C(O)C(F)(F)F.O=C1c2ccccc2C(=O)N1CCCn1cc(Cn2ccnc2)nn1. The number of aryl methyl sites for hydroxylation is 1. The molecule has 2 aromatic heterocycles. The van der Waals surface area contributed by atoms with Gasteiger partial charge in [-0.05, 0) is 18.6 Å². The third-order valence-electron chi connectivity index (χ3n) is 4.38. The number of aliphatic carboxylic acids is 1. The standard InChI is InChI=1S/C17H16N6O2.C2HF3O2/c24-16-14-4-1-2-5-15(14)17(25)23(16)8-3-7-22-11-13(19-20-22)10-21-9-6-18-12-21;3-2(4,5)1(6)7/h1-2,4-6,9,11-12H,3,7-8,10H2;(H,6,7). The van der Waals surface area contributed by atoms with Crippen LogP contribution >= 0.6 is 0 Å². The average Bonchev–Trinajstić information content (AvgIpc) is 3.47. The number of amides is 2. The molecule has 3 heterocycles. The minimum absolute atomic E-state index is 0.222. The van der Waals surface area contributed by atoms with Crippen molar-refractivity contribution in [2.75, 3.05) is 6.54 Å². The number of imide groups is 1. The number of aromatic nitrogens is 5. The zero-order valence-electron chi connectivity index (χ0n) is 16.4.